The number of ether oxygens (including phenoxy) is 1. The van der Waals surface area contributed by atoms with E-state index in [2.05, 4.69) is 45.9 Å². The van der Waals surface area contributed by atoms with Gasteiger partial charge in [-0.1, -0.05) is 77.8 Å². The lowest BCUT2D eigenvalue weighted by Crippen LogP contribution is -2.00. The van der Waals surface area contributed by atoms with E-state index in [1.54, 1.807) is 0 Å². The molecular weight excluding hydrogens is 256 g/mol. The first-order valence-corrected chi connectivity index (χ1v) is 8.88. The van der Waals surface area contributed by atoms with Crippen LogP contribution in [-0.4, -0.2) is 6.61 Å². The predicted octanol–water partition coefficient (Wildman–Crippen LogP) is 6.64. The van der Waals surface area contributed by atoms with E-state index in [9.17, 15) is 0 Å². The Balaban J connectivity index is 2.16. The largest absolute Gasteiger partial charge is 0.493 e. The molecule has 1 aromatic rings. The summed E-state index contributed by atoms with van der Waals surface area (Å²) >= 11 is 0. The smallest absolute Gasteiger partial charge is 0.122 e. The second-order valence-corrected chi connectivity index (χ2v) is 6.50. The molecule has 0 unspecified atom stereocenters. The summed E-state index contributed by atoms with van der Waals surface area (Å²) in [6, 6.07) is 6.60. The molecule has 0 aromatic heterocycles. The Bertz CT molecular complexity index is 381. The minimum absolute atomic E-state index is 0.566. The quantitative estimate of drug-likeness (QED) is 0.415. The standard InChI is InChI=1S/C20H34O/c1-5-6-7-8-9-10-11-12-15-21-20-16-19(17(2)3)14-13-18(20)4/h13-14,16-17H,5-12,15H2,1-4H3. The average molecular weight is 290 g/mol. The van der Waals surface area contributed by atoms with Crippen LogP contribution < -0.4 is 4.74 Å². The monoisotopic (exact) mass is 290 g/mol. The van der Waals surface area contributed by atoms with Crippen molar-refractivity contribution in [1.82, 2.24) is 0 Å². The lowest BCUT2D eigenvalue weighted by molar-refractivity contribution is 0.302. The lowest BCUT2D eigenvalue weighted by Gasteiger charge is -2.12. The van der Waals surface area contributed by atoms with E-state index in [0.29, 0.717) is 5.92 Å². The van der Waals surface area contributed by atoms with Gasteiger partial charge in [-0.05, 0) is 36.5 Å². The molecule has 0 saturated carbocycles. The van der Waals surface area contributed by atoms with Crippen LogP contribution in [0, 0.1) is 6.92 Å². The average Bonchev–Trinajstić information content (AvgIpc) is 2.47. The minimum atomic E-state index is 0.566. The van der Waals surface area contributed by atoms with Crippen molar-refractivity contribution < 1.29 is 4.74 Å². The molecule has 21 heavy (non-hydrogen) atoms. The molecule has 0 saturated heterocycles. The zero-order valence-electron chi connectivity index (χ0n) is 14.6. The van der Waals surface area contributed by atoms with Crippen molar-refractivity contribution in [3.8, 4) is 5.75 Å². The molecule has 0 atom stereocenters. The summed E-state index contributed by atoms with van der Waals surface area (Å²) in [5, 5.41) is 0. The summed E-state index contributed by atoms with van der Waals surface area (Å²) in [4.78, 5) is 0. The van der Waals surface area contributed by atoms with Gasteiger partial charge < -0.3 is 4.74 Å². The van der Waals surface area contributed by atoms with E-state index in [1.165, 1.54) is 62.5 Å². The molecule has 0 N–H and O–H groups in total. The number of hydrogen-bond acceptors (Lipinski definition) is 1. The van der Waals surface area contributed by atoms with Gasteiger partial charge >= 0.3 is 0 Å². The Morgan fingerprint density at radius 3 is 2.14 bits per heavy atom. The zero-order chi connectivity index (χ0) is 15.5. The van der Waals surface area contributed by atoms with Gasteiger partial charge in [0.25, 0.3) is 0 Å². The third-order valence-electron chi connectivity index (χ3n) is 4.13. The van der Waals surface area contributed by atoms with Crippen LogP contribution in [0.5, 0.6) is 5.75 Å². The third-order valence-corrected chi connectivity index (χ3v) is 4.13. The molecule has 1 nitrogen and oxygen atoms in total. The fourth-order valence-electron chi connectivity index (χ4n) is 2.55. The fourth-order valence-corrected chi connectivity index (χ4v) is 2.55. The maximum Gasteiger partial charge on any atom is 0.122 e. The number of hydrogen-bond donors (Lipinski definition) is 0. The highest BCUT2D eigenvalue weighted by atomic mass is 16.5. The molecule has 1 aromatic carbocycles. The van der Waals surface area contributed by atoms with Crippen molar-refractivity contribution in [2.75, 3.05) is 6.61 Å². The van der Waals surface area contributed by atoms with Crippen LogP contribution in [0.15, 0.2) is 18.2 Å². The molecule has 0 heterocycles. The topological polar surface area (TPSA) is 9.23 Å². The van der Waals surface area contributed by atoms with Crippen molar-refractivity contribution in [2.24, 2.45) is 0 Å². The van der Waals surface area contributed by atoms with Crippen LogP contribution in [0.2, 0.25) is 0 Å². The Hall–Kier alpha value is -0.980. The summed E-state index contributed by atoms with van der Waals surface area (Å²) in [5.74, 6) is 1.64. The van der Waals surface area contributed by atoms with Gasteiger partial charge in [0.2, 0.25) is 0 Å². The molecule has 0 aliphatic heterocycles. The highest BCUT2D eigenvalue weighted by Crippen LogP contribution is 2.24. The normalized spacial score (nSPS) is 11.1. The van der Waals surface area contributed by atoms with Crippen LogP contribution in [0.3, 0.4) is 0 Å². The molecule has 1 rings (SSSR count). The first-order chi connectivity index (χ1) is 10.1. The summed E-state index contributed by atoms with van der Waals surface area (Å²) in [7, 11) is 0. The second-order valence-electron chi connectivity index (χ2n) is 6.50. The Kier molecular flexibility index (Phi) is 9.21. The van der Waals surface area contributed by atoms with Crippen LogP contribution >= 0.6 is 0 Å². The first kappa shape index (κ1) is 18.1. The maximum atomic E-state index is 5.97. The van der Waals surface area contributed by atoms with Crippen molar-refractivity contribution in [3.63, 3.8) is 0 Å². The van der Waals surface area contributed by atoms with E-state index in [1.807, 2.05) is 0 Å². The zero-order valence-corrected chi connectivity index (χ0v) is 14.6. The molecule has 1 heteroatoms. The van der Waals surface area contributed by atoms with Gasteiger partial charge in [-0.15, -0.1) is 0 Å². The van der Waals surface area contributed by atoms with Gasteiger partial charge in [0, 0.05) is 0 Å². The van der Waals surface area contributed by atoms with E-state index in [-0.39, 0.29) is 0 Å². The number of aryl methyl sites for hydroxylation is 1. The first-order valence-electron chi connectivity index (χ1n) is 8.88. The van der Waals surface area contributed by atoms with Crippen LogP contribution in [0.25, 0.3) is 0 Å². The number of unbranched alkanes of at least 4 members (excludes halogenated alkanes) is 7. The summed E-state index contributed by atoms with van der Waals surface area (Å²) < 4.78 is 5.97. The number of benzene rings is 1. The SMILES string of the molecule is CCCCCCCCCCOc1cc(C(C)C)ccc1C. The molecule has 0 radical (unpaired) electrons. The van der Waals surface area contributed by atoms with Gasteiger partial charge in [-0.3, -0.25) is 0 Å². The van der Waals surface area contributed by atoms with Crippen molar-refractivity contribution >= 4 is 0 Å². The van der Waals surface area contributed by atoms with Crippen LogP contribution in [-0.2, 0) is 0 Å². The maximum absolute atomic E-state index is 5.97. The van der Waals surface area contributed by atoms with Crippen molar-refractivity contribution in [1.29, 1.82) is 0 Å². The molecule has 0 amide bonds. The lowest BCUT2D eigenvalue weighted by atomic mass is 10.0. The van der Waals surface area contributed by atoms with Crippen molar-refractivity contribution in [3.05, 3.63) is 29.3 Å². The van der Waals surface area contributed by atoms with E-state index in [0.717, 1.165) is 12.4 Å². The van der Waals surface area contributed by atoms with E-state index >= 15 is 0 Å². The minimum Gasteiger partial charge on any atom is -0.493 e. The molecule has 120 valence electrons. The Labute approximate surface area is 132 Å². The van der Waals surface area contributed by atoms with Crippen LogP contribution in [0.1, 0.15) is 89.2 Å². The highest BCUT2D eigenvalue weighted by molar-refractivity contribution is 5.37. The molecular formula is C20H34O. The third kappa shape index (κ3) is 7.55. The highest BCUT2D eigenvalue weighted by Gasteiger charge is 2.04. The summed E-state index contributed by atoms with van der Waals surface area (Å²) in [5.41, 5.74) is 2.62. The Morgan fingerprint density at radius 1 is 0.905 bits per heavy atom. The predicted molar refractivity (Wildman–Crippen MR) is 93.4 cm³/mol. The van der Waals surface area contributed by atoms with Gasteiger partial charge in [0.05, 0.1) is 6.61 Å². The van der Waals surface area contributed by atoms with Gasteiger partial charge in [-0.2, -0.15) is 0 Å². The van der Waals surface area contributed by atoms with Gasteiger partial charge in [0.1, 0.15) is 5.75 Å². The summed E-state index contributed by atoms with van der Waals surface area (Å²) in [6.07, 6.45) is 10.8. The summed E-state index contributed by atoms with van der Waals surface area (Å²) in [6.45, 7) is 9.72. The van der Waals surface area contributed by atoms with E-state index < -0.39 is 0 Å². The van der Waals surface area contributed by atoms with Crippen LogP contribution in [0.4, 0.5) is 0 Å². The van der Waals surface area contributed by atoms with Gasteiger partial charge in [0.15, 0.2) is 0 Å². The Morgan fingerprint density at radius 2 is 1.52 bits per heavy atom. The molecule has 0 aliphatic carbocycles. The number of rotatable bonds is 11. The second kappa shape index (κ2) is 10.7. The molecule has 0 aliphatic rings. The molecule has 0 fully saturated rings. The fraction of sp³-hybridized carbons (Fsp3) is 0.700. The van der Waals surface area contributed by atoms with Gasteiger partial charge in [-0.25, -0.2) is 0 Å². The van der Waals surface area contributed by atoms with E-state index in [4.69, 9.17) is 4.74 Å². The molecule has 0 spiro atoms. The van der Waals surface area contributed by atoms with Crippen molar-refractivity contribution in [2.45, 2.75) is 85.0 Å². The molecule has 0 bridgehead atoms.